The van der Waals surface area contributed by atoms with E-state index in [0.717, 1.165) is 44.8 Å². The van der Waals surface area contributed by atoms with Gasteiger partial charge in [-0.05, 0) is 76.9 Å². The molecule has 1 spiro atoms. The van der Waals surface area contributed by atoms with Crippen molar-refractivity contribution in [2.75, 3.05) is 25.2 Å². The first-order valence-corrected chi connectivity index (χ1v) is 17.2. The summed E-state index contributed by atoms with van der Waals surface area (Å²) in [6.07, 6.45) is 0.146. The number of aliphatic hydroxyl groups is 1. The van der Waals surface area contributed by atoms with E-state index in [2.05, 4.69) is 34.4 Å². The number of nitrogens with zero attached hydrogens (tertiary/aromatic N) is 4. The van der Waals surface area contributed by atoms with E-state index in [4.69, 9.17) is 28.8 Å². The van der Waals surface area contributed by atoms with Crippen LogP contribution >= 0.6 is 0 Å². The third-order valence-corrected chi connectivity index (χ3v) is 9.42. The topological polar surface area (TPSA) is 120 Å². The number of anilines is 1. The minimum absolute atomic E-state index is 0.0588. The van der Waals surface area contributed by atoms with Crippen molar-refractivity contribution >= 4 is 17.5 Å². The van der Waals surface area contributed by atoms with Gasteiger partial charge in [0, 0.05) is 36.3 Å². The fraction of sp³-hybridized carbons (Fsp3) is 0.190. The summed E-state index contributed by atoms with van der Waals surface area (Å²) in [7, 11) is 1.61. The van der Waals surface area contributed by atoms with Crippen molar-refractivity contribution in [2.24, 2.45) is 4.99 Å². The number of rotatable bonds is 11. The molecule has 6 aromatic rings. The van der Waals surface area contributed by atoms with E-state index in [9.17, 15) is 0 Å². The number of benzene rings is 5. The van der Waals surface area contributed by atoms with Gasteiger partial charge in [-0.3, -0.25) is 4.79 Å². The summed E-state index contributed by atoms with van der Waals surface area (Å²) < 4.78 is 23.4. The highest BCUT2D eigenvalue weighted by atomic mass is 16.5. The van der Waals surface area contributed by atoms with Crippen LogP contribution in [0.15, 0.2) is 137 Å². The lowest BCUT2D eigenvalue weighted by atomic mass is 9.78. The highest BCUT2D eigenvalue weighted by Crippen LogP contribution is 2.48. The molecule has 52 heavy (non-hydrogen) atoms. The molecule has 10 nitrogen and oxygen atoms in total. The Bertz CT molecular complexity index is 2200. The van der Waals surface area contributed by atoms with Gasteiger partial charge in [0.05, 0.1) is 20.3 Å². The first-order chi connectivity index (χ1) is 25.5. The van der Waals surface area contributed by atoms with Gasteiger partial charge in [0.2, 0.25) is 5.90 Å². The molecule has 1 aromatic heterocycles. The monoisotopic (exact) mass is 692 g/mol. The number of amides is 1. The largest absolute Gasteiger partial charge is 0.497 e. The van der Waals surface area contributed by atoms with E-state index in [-0.39, 0.29) is 19.1 Å². The van der Waals surface area contributed by atoms with Crippen LogP contribution in [0, 0.1) is 0 Å². The van der Waals surface area contributed by atoms with Crippen LogP contribution < -0.4 is 14.4 Å². The molecule has 0 bridgehead atoms. The maximum atomic E-state index is 15.1. The fourth-order valence-electron chi connectivity index (χ4n) is 6.77. The van der Waals surface area contributed by atoms with Crippen molar-refractivity contribution in [3.63, 3.8) is 0 Å². The van der Waals surface area contributed by atoms with Crippen molar-refractivity contribution in [1.82, 2.24) is 10.1 Å². The molecule has 2 atom stereocenters. The summed E-state index contributed by atoms with van der Waals surface area (Å²) in [6.45, 7) is 0.536. The first-order valence-electron chi connectivity index (χ1n) is 17.2. The molecule has 2 aliphatic heterocycles. The van der Waals surface area contributed by atoms with Gasteiger partial charge in [-0.25, -0.2) is 4.99 Å². The summed E-state index contributed by atoms with van der Waals surface area (Å²) in [5.74, 6) is 2.23. The van der Waals surface area contributed by atoms with Crippen molar-refractivity contribution in [3.8, 4) is 34.1 Å². The number of fused-ring (bicyclic) bond motifs is 1. The normalized spacial score (nSPS) is 17.8. The van der Waals surface area contributed by atoms with E-state index in [1.807, 2.05) is 103 Å². The molecule has 8 rings (SSSR count). The Morgan fingerprint density at radius 2 is 1.48 bits per heavy atom. The molecule has 1 amide bonds. The molecule has 260 valence electrons. The summed E-state index contributed by atoms with van der Waals surface area (Å²) in [5.41, 5.74) is 4.83. The minimum Gasteiger partial charge on any atom is -0.497 e. The number of hydrogen-bond donors (Lipinski definition) is 1. The van der Waals surface area contributed by atoms with E-state index in [0.29, 0.717) is 42.8 Å². The molecule has 0 aliphatic carbocycles. The Labute approximate surface area is 300 Å². The number of methoxy groups -OCH3 is 1. The summed E-state index contributed by atoms with van der Waals surface area (Å²) in [5, 5.41) is 13.4. The quantitative estimate of drug-likeness (QED) is 0.141. The maximum Gasteiger partial charge on any atom is 0.260 e. The molecule has 2 aliphatic rings. The summed E-state index contributed by atoms with van der Waals surface area (Å²) >= 11 is 0. The molecule has 0 fully saturated rings. The van der Waals surface area contributed by atoms with Crippen molar-refractivity contribution in [2.45, 2.75) is 31.0 Å². The average molecular weight is 693 g/mol. The predicted octanol–water partition coefficient (Wildman–Crippen LogP) is 7.22. The minimum atomic E-state index is -1.32. The zero-order chi connectivity index (χ0) is 35.5. The van der Waals surface area contributed by atoms with Crippen LogP contribution in [-0.2, 0) is 22.5 Å². The number of carbonyl (C=O) groups excluding carboxylic acids is 1. The molecule has 0 saturated carbocycles. The number of para-hydroxylation sites is 1. The lowest BCUT2D eigenvalue weighted by Crippen LogP contribution is -2.55. The van der Waals surface area contributed by atoms with Gasteiger partial charge in [-0.15, -0.1) is 0 Å². The van der Waals surface area contributed by atoms with Gasteiger partial charge in [-0.2, -0.15) is 4.98 Å². The number of hydrogen-bond acceptors (Lipinski definition) is 9. The van der Waals surface area contributed by atoms with Gasteiger partial charge in [0.25, 0.3) is 11.8 Å². The Kier molecular flexibility index (Phi) is 8.97. The second-order valence-corrected chi connectivity index (χ2v) is 12.7. The van der Waals surface area contributed by atoms with Gasteiger partial charge in [-0.1, -0.05) is 78.0 Å². The third-order valence-electron chi connectivity index (χ3n) is 9.42. The fourth-order valence-corrected chi connectivity index (χ4v) is 6.77. The van der Waals surface area contributed by atoms with Gasteiger partial charge in [0.1, 0.15) is 11.5 Å². The molecule has 3 heterocycles. The lowest BCUT2D eigenvalue weighted by Gasteiger charge is -2.40. The number of aromatic nitrogens is 2. The van der Waals surface area contributed by atoms with Crippen LogP contribution in [-0.4, -0.2) is 52.9 Å². The van der Waals surface area contributed by atoms with E-state index in [1.54, 1.807) is 12.0 Å². The van der Waals surface area contributed by atoms with Crippen LogP contribution in [0.4, 0.5) is 5.69 Å². The van der Waals surface area contributed by atoms with E-state index < -0.39 is 11.6 Å². The highest BCUT2D eigenvalue weighted by Gasteiger charge is 2.57. The molecule has 0 radical (unpaired) electrons. The van der Waals surface area contributed by atoms with Crippen LogP contribution in [0.1, 0.15) is 35.0 Å². The molecular formula is C42H36N4O6. The number of ether oxygens (including phenoxy) is 3. The number of carbonyl (C=O) groups is 1. The molecule has 10 heteroatoms. The molecule has 0 unspecified atom stereocenters. The van der Waals surface area contributed by atoms with Gasteiger partial charge >= 0.3 is 0 Å². The van der Waals surface area contributed by atoms with Crippen molar-refractivity contribution in [3.05, 3.63) is 150 Å². The molecular weight excluding hydrogens is 656 g/mol. The summed E-state index contributed by atoms with van der Waals surface area (Å²) in [6, 6.07) is 40.9. The molecule has 0 saturated heterocycles. The number of aliphatic imine (C=N–C) groups is 1. The zero-order valence-corrected chi connectivity index (χ0v) is 28.5. The third kappa shape index (κ3) is 6.29. The Balaban J connectivity index is 1.17. The van der Waals surface area contributed by atoms with Crippen LogP contribution in [0.3, 0.4) is 0 Å². The lowest BCUT2D eigenvalue weighted by molar-refractivity contribution is -0.127. The van der Waals surface area contributed by atoms with Gasteiger partial charge in [0.15, 0.2) is 17.5 Å². The van der Waals surface area contributed by atoms with Crippen LogP contribution in [0.2, 0.25) is 0 Å². The van der Waals surface area contributed by atoms with E-state index >= 15 is 4.79 Å². The maximum absolute atomic E-state index is 15.1. The standard InChI is InChI=1S/C42H36N4O6/c1-49-34-20-16-31(17-21-34)39-43-37(45-52-39)27-46-36-11-6-5-10-33(36)26-42(41(46)48)38(30-14-12-29(13-15-30)28-8-3-2-4-9-28)51-40(44-42)32-18-22-35(23-19-32)50-25-7-24-47/h2-6,8-23,38,47H,7,24-27H2,1H3/t38-,42-/m1/s1. The predicted molar refractivity (Wildman–Crippen MR) is 196 cm³/mol. The first kappa shape index (κ1) is 32.9. The molecule has 1 N–H and O–H groups in total. The second-order valence-electron chi connectivity index (χ2n) is 12.7. The highest BCUT2D eigenvalue weighted by molar-refractivity contribution is 6.08. The number of aliphatic hydroxyl groups excluding tert-OH is 1. The Hall–Kier alpha value is -6.26. The van der Waals surface area contributed by atoms with Crippen molar-refractivity contribution in [1.29, 1.82) is 0 Å². The Morgan fingerprint density at radius 3 is 2.23 bits per heavy atom. The Morgan fingerprint density at radius 1 is 0.808 bits per heavy atom. The van der Waals surface area contributed by atoms with Crippen molar-refractivity contribution < 1.29 is 28.6 Å². The summed E-state index contributed by atoms with van der Waals surface area (Å²) in [4.78, 5) is 26.7. The SMILES string of the molecule is COc1ccc(-c2nc(CN3C(=O)[C@]4(Cc5ccccc53)N=C(c3ccc(OCCCO)cc3)O[C@@H]4c3ccc(-c4ccccc4)cc3)no2)cc1. The smallest absolute Gasteiger partial charge is 0.260 e. The second kappa shape index (κ2) is 14.2. The zero-order valence-electron chi connectivity index (χ0n) is 28.5. The molecule has 5 aromatic carbocycles. The van der Waals surface area contributed by atoms with Crippen LogP contribution in [0.25, 0.3) is 22.6 Å². The van der Waals surface area contributed by atoms with Crippen LogP contribution in [0.5, 0.6) is 11.5 Å². The average Bonchev–Trinajstić information content (AvgIpc) is 3.83. The van der Waals surface area contributed by atoms with Gasteiger partial charge < -0.3 is 28.7 Å². The van der Waals surface area contributed by atoms with E-state index in [1.165, 1.54) is 0 Å².